The standard InChI is InChI=1S/C10H6Cl4O/c11-8-3-1-7(2-4-8)9(15)5-6-10(12,13)14/h1-6H/b6-5-. The Morgan fingerprint density at radius 2 is 1.67 bits per heavy atom. The molecule has 0 aromatic heterocycles. The van der Waals surface area contributed by atoms with Crippen molar-refractivity contribution in [2.45, 2.75) is 3.79 Å². The van der Waals surface area contributed by atoms with Gasteiger partial charge in [0, 0.05) is 10.6 Å². The summed E-state index contributed by atoms with van der Waals surface area (Å²) in [7, 11) is 0. The van der Waals surface area contributed by atoms with Gasteiger partial charge in [0.15, 0.2) is 5.78 Å². The minimum Gasteiger partial charge on any atom is -0.289 e. The molecule has 0 aliphatic carbocycles. The summed E-state index contributed by atoms with van der Waals surface area (Å²) in [4.78, 5) is 11.5. The molecular weight excluding hydrogens is 278 g/mol. The zero-order valence-electron chi connectivity index (χ0n) is 7.38. The Morgan fingerprint density at radius 1 is 1.13 bits per heavy atom. The van der Waals surface area contributed by atoms with E-state index in [9.17, 15) is 4.79 Å². The molecule has 0 N–H and O–H groups in total. The molecule has 15 heavy (non-hydrogen) atoms. The van der Waals surface area contributed by atoms with Crippen molar-refractivity contribution in [2.75, 3.05) is 0 Å². The lowest BCUT2D eigenvalue weighted by Crippen LogP contribution is -1.99. The van der Waals surface area contributed by atoms with Gasteiger partial charge in [0.05, 0.1) is 0 Å². The van der Waals surface area contributed by atoms with Crippen molar-refractivity contribution in [1.82, 2.24) is 0 Å². The van der Waals surface area contributed by atoms with Gasteiger partial charge in [0.2, 0.25) is 3.79 Å². The molecule has 1 aromatic carbocycles. The van der Waals surface area contributed by atoms with Crippen LogP contribution in [0, 0.1) is 0 Å². The number of rotatable bonds is 2. The topological polar surface area (TPSA) is 17.1 Å². The summed E-state index contributed by atoms with van der Waals surface area (Å²) >= 11 is 22.1. The zero-order chi connectivity index (χ0) is 11.5. The van der Waals surface area contributed by atoms with Crippen LogP contribution in [0.25, 0.3) is 0 Å². The number of carbonyl (C=O) groups excluding carboxylic acids is 1. The molecule has 0 fully saturated rings. The van der Waals surface area contributed by atoms with Crippen LogP contribution >= 0.6 is 46.4 Å². The highest BCUT2D eigenvalue weighted by Crippen LogP contribution is 2.27. The van der Waals surface area contributed by atoms with Gasteiger partial charge in [-0.15, -0.1) is 0 Å². The van der Waals surface area contributed by atoms with Crippen LogP contribution in [0.2, 0.25) is 5.02 Å². The summed E-state index contributed by atoms with van der Waals surface area (Å²) in [6, 6.07) is 6.46. The van der Waals surface area contributed by atoms with Crippen LogP contribution in [0.3, 0.4) is 0 Å². The minimum absolute atomic E-state index is 0.238. The van der Waals surface area contributed by atoms with E-state index < -0.39 is 3.79 Å². The molecule has 0 bridgehead atoms. The highest BCUT2D eigenvalue weighted by atomic mass is 35.6. The Morgan fingerprint density at radius 3 is 2.13 bits per heavy atom. The Bertz CT molecular complexity index is 375. The molecule has 0 aliphatic heterocycles. The predicted octanol–water partition coefficient (Wildman–Crippen LogP) is 4.45. The molecule has 0 amide bonds. The summed E-state index contributed by atoms with van der Waals surface area (Å²) in [6.45, 7) is 0. The largest absolute Gasteiger partial charge is 0.289 e. The van der Waals surface area contributed by atoms with E-state index in [1.165, 1.54) is 12.2 Å². The van der Waals surface area contributed by atoms with E-state index in [1.54, 1.807) is 24.3 Å². The normalized spacial score (nSPS) is 12.0. The van der Waals surface area contributed by atoms with Crippen LogP contribution in [-0.4, -0.2) is 9.58 Å². The van der Waals surface area contributed by atoms with Crippen LogP contribution in [0.1, 0.15) is 10.4 Å². The van der Waals surface area contributed by atoms with Crippen LogP contribution < -0.4 is 0 Å². The Labute approximate surface area is 108 Å². The maximum Gasteiger partial charge on any atom is 0.209 e. The molecule has 0 spiro atoms. The third-order valence-electron chi connectivity index (χ3n) is 1.55. The quantitative estimate of drug-likeness (QED) is 0.445. The van der Waals surface area contributed by atoms with Crippen molar-refractivity contribution < 1.29 is 4.79 Å². The lowest BCUT2D eigenvalue weighted by molar-refractivity contribution is 0.104. The number of ketones is 1. The summed E-state index contributed by atoms with van der Waals surface area (Å²) in [5, 5.41) is 0.567. The van der Waals surface area contributed by atoms with Crippen molar-refractivity contribution in [1.29, 1.82) is 0 Å². The van der Waals surface area contributed by atoms with Crippen molar-refractivity contribution >= 4 is 52.2 Å². The Hall–Kier alpha value is -0.210. The van der Waals surface area contributed by atoms with Crippen molar-refractivity contribution in [3.05, 3.63) is 47.0 Å². The molecule has 0 heterocycles. The molecule has 0 radical (unpaired) electrons. The molecular formula is C10H6Cl4O. The number of halogens is 4. The number of alkyl halides is 3. The second-order valence-corrected chi connectivity index (χ2v) is 5.55. The average molecular weight is 284 g/mol. The van der Waals surface area contributed by atoms with Crippen molar-refractivity contribution in [2.24, 2.45) is 0 Å². The number of carbonyl (C=O) groups is 1. The lowest BCUT2D eigenvalue weighted by atomic mass is 10.1. The second-order valence-electron chi connectivity index (χ2n) is 2.75. The van der Waals surface area contributed by atoms with E-state index in [0.717, 1.165) is 0 Å². The molecule has 5 heteroatoms. The minimum atomic E-state index is -1.55. The van der Waals surface area contributed by atoms with Crippen molar-refractivity contribution in [3.63, 3.8) is 0 Å². The van der Waals surface area contributed by atoms with Gasteiger partial charge in [-0.1, -0.05) is 46.4 Å². The van der Waals surface area contributed by atoms with Gasteiger partial charge in [-0.2, -0.15) is 0 Å². The number of allylic oxidation sites excluding steroid dienone is 2. The van der Waals surface area contributed by atoms with Crippen LogP contribution in [0.4, 0.5) is 0 Å². The highest BCUT2D eigenvalue weighted by Gasteiger charge is 2.14. The van der Waals surface area contributed by atoms with Gasteiger partial charge >= 0.3 is 0 Å². The van der Waals surface area contributed by atoms with E-state index in [0.29, 0.717) is 10.6 Å². The SMILES string of the molecule is O=C(/C=C\C(Cl)(Cl)Cl)c1ccc(Cl)cc1. The van der Waals surface area contributed by atoms with E-state index in [4.69, 9.17) is 46.4 Å². The first-order valence-electron chi connectivity index (χ1n) is 3.94. The summed E-state index contributed by atoms with van der Waals surface area (Å²) in [5.41, 5.74) is 0.491. The first-order valence-corrected chi connectivity index (χ1v) is 5.45. The van der Waals surface area contributed by atoms with Gasteiger partial charge in [0.1, 0.15) is 0 Å². The number of hydrogen-bond donors (Lipinski definition) is 0. The van der Waals surface area contributed by atoms with E-state index in [1.807, 2.05) is 0 Å². The van der Waals surface area contributed by atoms with Gasteiger partial charge in [0.25, 0.3) is 0 Å². The summed E-state index contributed by atoms with van der Waals surface area (Å²) in [6.07, 6.45) is 2.42. The van der Waals surface area contributed by atoms with Gasteiger partial charge < -0.3 is 0 Å². The smallest absolute Gasteiger partial charge is 0.209 e. The molecule has 80 valence electrons. The summed E-state index contributed by atoms with van der Waals surface area (Å²) < 4.78 is -1.55. The third-order valence-corrected chi connectivity index (χ3v) is 2.18. The Balaban J connectivity index is 2.78. The zero-order valence-corrected chi connectivity index (χ0v) is 10.4. The molecule has 0 atom stereocenters. The van der Waals surface area contributed by atoms with E-state index in [-0.39, 0.29) is 5.78 Å². The average Bonchev–Trinajstić information content (AvgIpc) is 2.14. The first kappa shape index (κ1) is 12.9. The molecule has 0 aliphatic rings. The Kier molecular flexibility index (Phi) is 4.47. The monoisotopic (exact) mass is 282 g/mol. The van der Waals surface area contributed by atoms with Crippen molar-refractivity contribution in [3.8, 4) is 0 Å². The third kappa shape index (κ3) is 4.89. The van der Waals surface area contributed by atoms with Gasteiger partial charge in [-0.25, -0.2) is 0 Å². The molecule has 0 saturated carbocycles. The van der Waals surface area contributed by atoms with E-state index in [2.05, 4.69) is 0 Å². The van der Waals surface area contributed by atoms with Gasteiger partial charge in [-0.3, -0.25) is 4.79 Å². The number of benzene rings is 1. The van der Waals surface area contributed by atoms with Crippen LogP contribution in [0.15, 0.2) is 36.4 Å². The summed E-state index contributed by atoms with van der Waals surface area (Å²) in [5.74, 6) is -0.238. The van der Waals surface area contributed by atoms with E-state index >= 15 is 0 Å². The molecule has 1 nitrogen and oxygen atoms in total. The molecule has 1 aromatic rings. The fourth-order valence-corrected chi connectivity index (χ4v) is 1.20. The maximum atomic E-state index is 11.5. The first-order chi connectivity index (χ1) is 6.88. The fourth-order valence-electron chi connectivity index (χ4n) is 0.881. The lowest BCUT2D eigenvalue weighted by Gasteiger charge is -2.02. The second kappa shape index (κ2) is 5.22. The van der Waals surface area contributed by atoms with Crippen LogP contribution in [-0.2, 0) is 0 Å². The number of hydrogen-bond acceptors (Lipinski definition) is 1. The molecule has 0 unspecified atom stereocenters. The maximum absolute atomic E-state index is 11.5. The van der Waals surface area contributed by atoms with Gasteiger partial charge in [-0.05, 0) is 36.4 Å². The highest BCUT2D eigenvalue weighted by molar-refractivity contribution is 6.69. The molecule has 1 rings (SSSR count). The predicted molar refractivity (Wildman–Crippen MR) is 65.2 cm³/mol. The fraction of sp³-hybridized carbons (Fsp3) is 0.100. The van der Waals surface area contributed by atoms with Crippen LogP contribution in [0.5, 0.6) is 0 Å². The molecule has 0 saturated heterocycles.